The summed E-state index contributed by atoms with van der Waals surface area (Å²) in [6.07, 6.45) is 2.82. The standard InChI is InChI=1S/C26H29N3O3S/c1-16-8-10-29(11-9-16)15-17-4-6-20-23(12-17)33-25(27-20)28-24(31)18-5-7-22-19(13-18)21(30)14-26(2,3)32-22/h4-7,12-13,16H,8-11,14-15H2,1-3H3,(H,27,28,31). The molecule has 0 radical (unpaired) electrons. The number of likely N-dealkylation sites (tertiary alicyclic amines) is 1. The lowest BCUT2D eigenvalue weighted by Crippen LogP contribution is -2.36. The third-order valence-electron chi connectivity index (χ3n) is 6.47. The monoisotopic (exact) mass is 463 g/mol. The number of aromatic nitrogens is 1. The summed E-state index contributed by atoms with van der Waals surface area (Å²) in [4.78, 5) is 32.5. The van der Waals surface area contributed by atoms with Crippen LogP contribution >= 0.6 is 11.3 Å². The molecule has 6 nitrogen and oxygen atoms in total. The minimum absolute atomic E-state index is 0.00780. The van der Waals surface area contributed by atoms with Crippen molar-refractivity contribution in [1.82, 2.24) is 9.88 Å². The third-order valence-corrected chi connectivity index (χ3v) is 7.40. The molecule has 0 saturated carbocycles. The van der Waals surface area contributed by atoms with Gasteiger partial charge in [-0.3, -0.25) is 19.8 Å². The van der Waals surface area contributed by atoms with Crippen molar-refractivity contribution in [3.05, 3.63) is 53.1 Å². The van der Waals surface area contributed by atoms with Gasteiger partial charge in [0.1, 0.15) is 11.4 Å². The second-order valence-electron chi connectivity index (χ2n) is 9.91. The molecule has 0 bridgehead atoms. The number of benzene rings is 2. The maximum absolute atomic E-state index is 12.9. The second-order valence-corrected chi connectivity index (χ2v) is 10.9. The van der Waals surface area contributed by atoms with Gasteiger partial charge in [-0.05, 0) is 81.6 Å². The molecule has 172 valence electrons. The zero-order valence-electron chi connectivity index (χ0n) is 19.3. The van der Waals surface area contributed by atoms with Crippen LogP contribution < -0.4 is 10.1 Å². The summed E-state index contributed by atoms with van der Waals surface area (Å²) in [5.41, 5.74) is 2.50. The molecule has 0 unspecified atom stereocenters. The molecule has 2 aliphatic heterocycles. The number of ketones is 1. The number of carbonyl (C=O) groups excluding carboxylic acids is 2. The Morgan fingerprint density at radius 1 is 1.21 bits per heavy atom. The summed E-state index contributed by atoms with van der Waals surface area (Å²) in [7, 11) is 0. The molecule has 2 aromatic carbocycles. The van der Waals surface area contributed by atoms with Crippen LogP contribution in [-0.2, 0) is 6.54 Å². The molecule has 3 heterocycles. The fourth-order valence-electron chi connectivity index (χ4n) is 4.56. The summed E-state index contributed by atoms with van der Waals surface area (Å²) in [5, 5.41) is 3.45. The van der Waals surface area contributed by atoms with Crippen LogP contribution in [0.4, 0.5) is 5.13 Å². The highest BCUT2D eigenvalue weighted by Gasteiger charge is 2.33. The third kappa shape index (κ3) is 4.80. The van der Waals surface area contributed by atoms with Gasteiger partial charge in [-0.25, -0.2) is 4.98 Å². The van der Waals surface area contributed by atoms with E-state index >= 15 is 0 Å². The Kier molecular flexibility index (Phi) is 5.70. The molecule has 3 aromatic rings. The molecule has 1 saturated heterocycles. The van der Waals surface area contributed by atoms with Gasteiger partial charge >= 0.3 is 0 Å². The number of ether oxygens (including phenoxy) is 1. The minimum Gasteiger partial charge on any atom is -0.487 e. The number of thiazole rings is 1. The number of rotatable bonds is 4. The van der Waals surface area contributed by atoms with Crippen molar-refractivity contribution in [2.75, 3.05) is 18.4 Å². The number of hydrogen-bond acceptors (Lipinski definition) is 6. The van der Waals surface area contributed by atoms with Crippen LogP contribution in [0.25, 0.3) is 10.2 Å². The number of Topliss-reactive ketones (excluding diaryl/α,β-unsaturated/α-hetero) is 1. The lowest BCUT2D eigenvalue weighted by Gasteiger charge is -2.31. The van der Waals surface area contributed by atoms with Crippen molar-refractivity contribution in [1.29, 1.82) is 0 Å². The SMILES string of the molecule is CC1CCN(Cc2ccc3nc(NC(=O)c4ccc5c(c4)C(=O)CC(C)(C)O5)sc3c2)CC1. The predicted octanol–water partition coefficient (Wildman–Crippen LogP) is 5.52. The molecule has 1 amide bonds. The Morgan fingerprint density at radius 2 is 2.00 bits per heavy atom. The van der Waals surface area contributed by atoms with Crippen LogP contribution in [0.15, 0.2) is 36.4 Å². The minimum atomic E-state index is -0.528. The summed E-state index contributed by atoms with van der Waals surface area (Å²) in [6, 6.07) is 11.3. The molecule has 0 atom stereocenters. The average molecular weight is 464 g/mol. The summed E-state index contributed by atoms with van der Waals surface area (Å²) >= 11 is 1.47. The molecule has 1 N–H and O–H groups in total. The van der Waals surface area contributed by atoms with Crippen molar-refractivity contribution < 1.29 is 14.3 Å². The van der Waals surface area contributed by atoms with Gasteiger partial charge in [0, 0.05) is 12.1 Å². The molecule has 0 spiro atoms. The lowest BCUT2D eigenvalue weighted by atomic mass is 9.92. The highest BCUT2D eigenvalue weighted by molar-refractivity contribution is 7.22. The van der Waals surface area contributed by atoms with E-state index in [1.165, 1.54) is 29.7 Å². The number of nitrogens with one attached hydrogen (secondary N) is 1. The van der Waals surface area contributed by atoms with Crippen LogP contribution in [0.5, 0.6) is 5.75 Å². The number of hydrogen-bond donors (Lipinski definition) is 1. The molecule has 2 aliphatic rings. The van der Waals surface area contributed by atoms with E-state index in [-0.39, 0.29) is 11.7 Å². The summed E-state index contributed by atoms with van der Waals surface area (Å²) < 4.78 is 6.95. The van der Waals surface area contributed by atoms with Gasteiger partial charge in [0.05, 0.1) is 22.2 Å². The molecule has 7 heteroatoms. The first-order chi connectivity index (χ1) is 15.8. The van der Waals surface area contributed by atoms with Crippen molar-refractivity contribution in [3.63, 3.8) is 0 Å². The summed E-state index contributed by atoms with van der Waals surface area (Å²) in [6.45, 7) is 9.35. The van der Waals surface area contributed by atoms with Crippen molar-refractivity contribution in [3.8, 4) is 5.75 Å². The van der Waals surface area contributed by atoms with E-state index < -0.39 is 5.60 Å². The van der Waals surface area contributed by atoms with Gasteiger partial charge < -0.3 is 4.74 Å². The molecular weight excluding hydrogens is 434 g/mol. The summed E-state index contributed by atoms with van der Waals surface area (Å²) in [5.74, 6) is 1.07. The zero-order chi connectivity index (χ0) is 23.2. The normalized spacial score (nSPS) is 18.7. The van der Waals surface area contributed by atoms with Crippen LogP contribution in [0.3, 0.4) is 0 Å². The smallest absolute Gasteiger partial charge is 0.257 e. The van der Waals surface area contributed by atoms with Gasteiger partial charge in [0.15, 0.2) is 10.9 Å². The first kappa shape index (κ1) is 22.0. The highest BCUT2D eigenvalue weighted by atomic mass is 32.1. The zero-order valence-corrected chi connectivity index (χ0v) is 20.1. The van der Waals surface area contributed by atoms with E-state index in [0.29, 0.717) is 28.4 Å². The average Bonchev–Trinajstić information content (AvgIpc) is 3.16. The van der Waals surface area contributed by atoms with Gasteiger partial charge in [0.25, 0.3) is 5.91 Å². The fourth-order valence-corrected chi connectivity index (χ4v) is 5.49. The largest absolute Gasteiger partial charge is 0.487 e. The molecule has 1 aromatic heterocycles. The lowest BCUT2D eigenvalue weighted by molar-refractivity contribution is 0.0620. The second kappa shape index (κ2) is 8.54. The Bertz CT molecular complexity index is 1220. The van der Waals surface area contributed by atoms with Crippen molar-refractivity contribution >= 4 is 38.4 Å². The number of amides is 1. The number of anilines is 1. The molecule has 0 aliphatic carbocycles. The predicted molar refractivity (Wildman–Crippen MR) is 131 cm³/mol. The number of carbonyl (C=O) groups is 2. The van der Waals surface area contributed by atoms with Gasteiger partial charge in [-0.1, -0.05) is 24.3 Å². The van der Waals surface area contributed by atoms with Crippen LogP contribution in [0.1, 0.15) is 66.3 Å². The first-order valence-corrected chi connectivity index (χ1v) is 12.4. The Hall–Kier alpha value is -2.77. The molecule has 33 heavy (non-hydrogen) atoms. The Labute approximate surface area is 198 Å². The number of nitrogens with zero attached hydrogens (tertiary/aromatic N) is 2. The van der Waals surface area contributed by atoms with E-state index in [0.717, 1.165) is 35.8 Å². The van der Waals surface area contributed by atoms with Crippen LogP contribution in [0, 0.1) is 5.92 Å². The van der Waals surface area contributed by atoms with Gasteiger partial charge in [-0.2, -0.15) is 0 Å². The van der Waals surface area contributed by atoms with E-state index in [4.69, 9.17) is 4.74 Å². The molecular formula is C26H29N3O3S. The van der Waals surface area contributed by atoms with Gasteiger partial charge in [-0.15, -0.1) is 0 Å². The van der Waals surface area contributed by atoms with Gasteiger partial charge in [0.2, 0.25) is 0 Å². The van der Waals surface area contributed by atoms with Crippen LogP contribution in [-0.4, -0.2) is 40.3 Å². The maximum atomic E-state index is 12.9. The maximum Gasteiger partial charge on any atom is 0.257 e. The Morgan fingerprint density at radius 3 is 2.79 bits per heavy atom. The first-order valence-electron chi connectivity index (χ1n) is 11.6. The van der Waals surface area contributed by atoms with E-state index in [1.807, 2.05) is 19.9 Å². The quantitative estimate of drug-likeness (QED) is 0.551. The van der Waals surface area contributed by atoms with E-state index in [9.17, 15) is 9.59 Å². The molecule has 1 fully saturated rings. The van der Waals surface area contributed by atoms with E-state index in [1.54, 1.807) is 18.2 Å². The Balaban J connectivity index is 1.30. The highest BCUT2D eigenvalue weighted by Crippen LogP contribution is 2.34. The topological polar surface area (TPSA) is 71.5 Å². The fraction of sp³-hybridized carbons (Fsp3) is 0.423. The number of fused-ring (bicyclic) bond motifs is 2. The van der Waals surface area contributed by atoms with Crippen molar-refractivity contribution in [2.45, 2.75) is 52.2 Å². The number of piperidine rings is 1. The van der Waals surface area contributed by atoms with E-state index in [2.05, 4.69) is 34.3 Å². The molecule has 5 rings (SSSR count). The van der Waals surface area contributed by atoms with Crippen LogP contribution in [0.2, 0.25) is 0 Å². The van der Waals surface area contributed by atoms with Crippen molar-refractivity contribution in [2.24, 2.45) is 5.92 Å².